The van der Waals surface area contributed by atoms with Crippen molar-refractivity contribution in [2.75, 3.05) is 20.3 Å². The van der Waals surface area contributed by atoms with Crippen LogP contribution in [-0.4, -0.2) is 42.6 Å². The van der Waals surface area contributed by atoms with Crippen LogP contribution in [-0.2, 0) is 10.3 Å². The van der Waals surface area contributed by atoms with Gasteiger partial charge in [-0.3, -0.25) is 0 Å². The van der Waals surface area contributed by atoms with Gasteiger partial charge in [-0.15, -0.1) is 0 Å². The second-order valence-electron chi connectivity index (χ2n) is 5.83. The van der Waals surface area contributed by atoms with Gasteiger partial charge in [-0.25, -0.2) is 0 Å². The summed E-state index contributed by atoms with van der Waals surface area (Å²) in [6, 6.07) is 7.80. The normalized spacial score (nSPS) is 27.5. The second kappa shape index (κ2) is 7.56. The number of ether oxygens (including phenoxy) is 1. The SMILES string of the molecule is COCC(O)CNC1CCC(O)(c2cccc(Cl)c2)CC1. The van der Waals surface area contributed by atoms with E-state index in [0.717, 1.165) is 18.4 Å². The molecule has 1 unspecified atom stereocenters. The Labute approximate surface area is 131 Å². The highest BCUT2D eigenvalue weighted by Crippen LogP contribution is 2.37. The Kier molecular flexibility index (Phi) is 6.02. The quantitative estimate of drug-likeness (QED) is 0.752. The number of benzene rings is 1. The van der Waals surface area contributed by atoms with Crippen LogP contribution >= 0.6 is 11.6 Å². The molecule has 21 heavy (non-hydrogen) atoms. The molecule has 0 aliphatic heterocycles. The summed E-state index contributed by atoms with van der Waals surface area (Å²) in [5, 5.41) is 24.4. The zero-order valence-corrected chi connectivity index (χ0v) is 13.1. The lowest BCUT2D eigenvalue weighted by Gasteiger charge is -2.37. The summed E-state index contributed by atoms with van der Waals surface area (Å²) in [6.45, 7) is 0.861. The zero-order valence-electron chi connectivity index (χ0n) is 12.4. The van der Waals surface area contributed by atoms with Crippen molar-refractivity contribution in [3.05, 3.63) is 34.9 Å². The van der Waals surface area contributed by atoms with Gasteiger partial charge in [0.25, 0.3) is 0 Å². The van der Waals surface area contributed by atoms with E-state index < -0.39 is 11.7 Å². The molecule has 1 saturated carbocycles. The summed E-state index contributed by atoms with van der Waals surface area (Å²) < 4.78 is 4.90. The molecule has 0 spiro atoms. The highest BCUT2D eigenvalue weighted by atomic mass is 35.5. The summed E-state index contributed by atoms with van der Waals surface area (Å²) in [5.41, 5.74) is 0.113. The predicted molar refractivity (Wildman–Crippen MR) is 83.5 cm³/mol. The van der Waals surface area contributed by atoms with Crippen molar-refractivity contribution in [1.82, 2.24) is 5.32 Å². The largest absolute Gasteiger partial charge is 0.389 e. The third kappa shape index (κ3) is 4.66. The van der Waals surface area contributed by atoms with E-state index in [-0.39, 0.29) is 0 Å². The maximum atomic E-state index is 10.8. The van der Waals surface area contributed by atoms with Crippen LogP contribution < -0.4 is 5.32 Å². The standard InChI is InChI=1S/C16H24ClNO3/c1-21-11-15(19)10-18-14-5-7-16(20,8-6-14)12-3-2-4-13(17)9-12/h2-4,9,14-15,18-20H,5-8,10-11H2,1H3. The molecule has 118 valence electrons. The Hall–Kier alpha value is -0.650. The van der Waals surface area contributed by atoms with E-state index in [4.69, 9.17) is 16.3 Å². The first kappa shape index (κ1) is 16.7. The molecule has 4 nitrogen and oxygen atoms in total. The fourth-order valence-electron chi connectivity index (χ4n) is 2.92. The molecule has 1 aromatic rings. The molecule has 1 fully saturated rings. The van der Waals surface area contributed by atoms with E-state index in [1.54, 1.807) is 7.11 Å². The maximum Gasteiger partial charge on any atom is 0.0898 e. The van der Waals surface area contributed by atoms with Crippen molar-refractivity contribution in [2.24, 2.45) is 0 Å². The van der Waals surface area contributed by atoms with Crippen molar-refractivity contribution in [2.45, 2.75) is 43.4 Å². The molecule has 0 bridgehead atoms. The number of halogens is 1. The average Bonchev–Trinajstić information content (AvgIpc) is 2.47. The second-order valence-corrected chi connectivity index (χ2v) is 6.27. The number of hydrogen-bond acceptors (Lipinski definition) is 4. The van der Waals surface area contributed by atoms with Gasteiger partial charge < -0.3 is 20.3 Å². The average molecular weight is 314 g/mol. The van der Waals surface area contributed by atoms with Gasteiger partial charge >= 0.3 is 0 Å². The third-order valence-corrected chi connectivity index (χ3v) is 4.41. The molecule has 0 amide bonds. The molecule has 3 N–H and O–H groups in total. The van der Waals surface area contributed by atoms with Gasteiger partial charge in [-0.05, 0) is 43.4 Å². The van der Waals surface area contributed by atoms with Gasteiger partial charge in [-0.1, -0.05) is 23.7 Å². The van der Waals surface area contributed by atoms with Crippen LogP contribution in [0.15, 0.2) is 24.3 Å². The van der Waals surface area contributed by atoms with Gasteiger partial charge in [-0.2, -0.15) is 0 Å². The van der Waals surface area contributed by atoms with Crippen molar-refractivity contribution in [3.63, 3.8) is 0 Å². The van der Waals surface area contributed by atoms with Gasteiger partial charge in [0.1, 0.15) is 0 Å². The zero-order chi connectivity index (χ0) is 15.3. The number of methoxy groups -OCH3 is 1. The number of hydrogen-bond donors (Lipinski definition) is 3. The van der Waals surface area contributed by atoms with Crippen LogP contribution in [0, 0.1) is 0 Å². The molecule has 1 aliphatic carbocycles. The van der Waals surface area contributed by atoms with Gasteiger partial charge in [0, 0.05) is 24.7 Å². The maximum absolute atomic E-state index is 10.8. The monoisotopic (exact) mass is 313 g/mol. The lowest BCUT2D eigenvalue weighted by Crippen LogP contribution is -2.43. The first-order valence-corrected chi connectivity index (χ1v) is 7.80. The van der Waals surface area contributed by atoms with E-state index >= 15 is 0 Å². The van der Waals surface area contributed by atoms with E-state index in [2.05, 4.69) is 5.32 Å². The van der Waals surface area contributed by atoms with E-state index in [9.17, 15) is 10.2 Å². The number of aliphatic hydroxyl groups is 2. The molecule has 5 heteroatoms. The Balaban J connectivity index is 1.85. The minimum Gasteiger partial charge on any atom is -0.389 e. The summed E-state index contributed by atoms with van der Waals surface area (Å²) in [4.78, 5) is 0. The molecule has 0 radical (unpaired) electrons. The molecule has 1 atom stereocenters. The Morgan fingerprint density at radius 2 is 2.14 bits per heavy atom. The predicted octanol–water partition coefficient (Wildman–Crippen LogP) is 2.07. The Morgan fingerprint density at radius 3 is 2.76 bits per heavy atom. The molecular formula is C16H24ClNO3. The summed E-state index contributed by atoms with van der Waals surface area (Å²) in [6.07, 6.45) is 2.67. The molecular weight excluding hydrogens is 290 g/mol. The highest BCUT2D eigenvalue weighted by molar-refractivity contribution is 6.30. The highest BCUT2D eigenvalue weighted by Gasteiger charge is 2.34. The van der Waals surface area contributed by atoms with Crippen molar-refractivity contribution < 1.29 is 14.9 Å². The molecule has 1 aromatic carbocycles. The van der Waals surface area contributed by atoms with Crippen molar-refractivity contribution in [3.8, 4) is 0 Å². The smallest absolute Gasteiger partial charge is 0.0898 e. The molecule has 0 heterocycles. The van der Waals surface area contributed by atoms with Crippen LogP contribution in [0.2, 0.25) is 5.02 Å². The third-order valence-electron chi connectivity index (χ3n) is 4.18. The van der Waals surface area contributed by atoms with Crippen molar-refractivity contribution >= 4 is 11.6 Å². The van der Waals surface area contributed by atoms with E-state index in [0.29, 0.717) is 37.1 Å². The molecule has 2 rings (SSSR count). The van der Waals surface area contributed by atoms with Crippen LogP contribution in [0.4, 0.5) is 0 Å². The minimum absolute atomic E-state index is 0.330. The number of nitrogens with one attached hydrogen (secondary N) is 1. The topological polar surface area (TPSA) is 61.7 Å². The first-order valence-electron chi connectivity index (χ1n) is 7.42. The van der Waals surface area contributed by atoms with Gasteiger partial charge in [0.05, 0.1) is 18.3 Å². The fourth-order valence-corrected chi connectivity index (χ4v) is 3.11. The molecule has 1 aliphatic rings. The Morgan fingerprint density at radius 1 is 1.43 bits per heavy atom. The first-order chi connectivity index (χ1) is 10.0. The Bertz CT molecular complexity index is 447. The lowest BCUT2D eigenvalue weighted by molar-refractivity contribution is -0.0104. The van der Waals surface area contributed by atoms with Gasteiger partial charge in [0.15, 0.2) is 0 Å². The van der Waals surface area contributed by atoms with Crippen LogP contribution in [0.5, 0.6) is 0 Å². The molecule has 0 aromatic heterocycles. The van der Waals surface area contributed by atoms with Gasteiger partial charge in [0.2, 0.25) is 0 Å². The minimum atomic E-state index is -0.784. The van der Waals surface area contributed by atoms with Crippen LogP contribution in [0.3, 0.4) is 0 Å². The summed E-state index contributed by atoms with van der Waals surface area (Å²) in [7, 11) is 1.58. The summed E-state index contributed by atoms with van der Waals surface area (Å²) in [5.74, 6) is 0. The lowest BCUT2D eigenvalue weighted by atomic mass is 9.78. The number of rotatable bonds is 6. The van der Waals surface area contributed by atoms with Crippen LogP contribution in [0.25, 0.3) is 0 Å². The molecule has 0 saturated heterocycles. The van der Waals surface area contributed by atoms with E-state index in [1.807, 2.05) is 24.3 Å². The van der Waals surface area contributed by atoms with E-state index in [1.165, 1.54) is 0 Å². The summed E-state index contributed by atoms with van der Waals surface area (Å²) >= 11 is 6.01. The van der Waals surface area contributed by atoms with Crippen molar-refractivity contribution in [1.29, 1.82) is 0 Å². The number of aliphatic hydroxyl groups excluding tert-OH is 1. The van der Waals surface area contributed by atoms with Crippen LogP contribution in [0.1, 0.15) is 31.2 Å². The fraction of sp³-hybridized carbons (Fsp3) is 0.625.